The van der Waals surface area contributed by atoms with Crippen LogP contribution in [0.2, 0.25) is 0 Å². The fraction of sp³-hybridized carbons (Fsp3) is 0.344. The van der Waals surface area contributed by atoms with Crippen molar-refractivity contribution in [1.82, 2.24) is 10.6 Å². The molecule has 1 aromatic heterocycles. The van der Waals surface area contributed by atoms with Crippen LogP contribution < -0.4 is 10.6 Å². The summed E-state index contributed by atoms with van der Waals surface area (Å²) >= 11 is 1.72. The molecule has 1 heterocycles. The summed E-state index contributed by atoms with van der Waals surface area (Å²) in [5.41, 5.74) is 5.19. The highest BCUT2D eigenvalue weighted by atomic mass is 32.1. The minimum atomic E-state index is -0.969. The minimum Gasteiger partial charge on any atom is -0.390 e. The summed E-state index contributed by atoms with van der Waals surface area (Å²) < 4.78 is 28.7. The Kier molecular flexibility index (Phi) is 9.15. The van der Waals surface area contributed by atoms with Crippen LogP contribution in [0.5, 0.6) is 0 Å². The zero-order valence-corrected chi connectivity index (χ0v) is 23.7. The predicted octanol–water partition coefficient (Wildman–Crippen LogP) is 6.63. The van der Waals surface area contributed by atoms with Crippen molar-refractivity contribution in [3.8, 4) is 11.1 Å². The highest BCUT2D eigenvalue weighted by molar-refractivity contribution is 7.17. The molecule has 0 fully saturated rings. The number of carbonyl (C=O) groups is 1. The van der Waals surface area contributed by atoms with Crippen LogP contribution in [0.25, 0.3) is 21.2 Å². The van der Waals surface area contributed by atoms with Gasteiger partial charge >= 0.3 is 0 Å². The Morgan fingerprint density at radius 2 is 1.69 bits per heavy atom. The van der Waals surface area contributed by atoms with Crippen LogP contribution in [0.3, 0.4) is 0 Å². The zero-order valence-electron chi connectivity index (χ0n) is 22.9. The summed E-state index contributed by atoms with van der Waals surface area (Å²) in [6.45, 7) is 8.71. The summed E-state index contributed by atoms with van der Waals surface area (Å²) in [4.78, 5) is 11.8. The Morgan fingerprint density at radius 1 is 0.974 bits per heavy atom. The highest BCUT2D eigenvalue weighted by Crippen LogP contribution is 2.36. The molecule has 0 radical (unpaired) electrons. The third-order valence-corrected chi connectivity index (χ3v) is 7.54. The monoisotopic (exact) mass is 550 g/mol. The number of carbonyl (C=O) groups excluding carboxylic acids is 1. The molecule has 3 N–H and O–H groups in total. The molecule has 4 nitrogen and oxygen atoms in total. The Labute approximate surface area is 233 Å². The van der Waals surface area contributed by atoms with Crippen molar-refractivity contribution < 1.29 is 18.7 Å². The molecular weight excluding hydrogens is 514 g/mol. The average Bonchev–Trinajstić information content (AvgIpc) is 3.26. The second-order valence-electron chi connectivity index (χ2n) is 11.4. The van der Waals surface area contributed by atoms with Gasteiger partial charge in [0, 0.05) is 41.7 Å². The van der Waals surface area contributed by atoms with Crippen molar-refractivity contribution in [1.29, 1.82) is 0 Å². The van der Waals surface area contributed by atoms with Gasteiger partial charge in [0.2, 0.25) is 5.91 Å². The number of halogens is 2. The normalized spacial score (nSPS) is 13.4. The second kappa shape index (κ2) is 12.4. The standard InChI is InChI=1S/C32H36F2N2O2S/c1-20(37)36-29(14-22-12-24(33)15-25(34)13-22)30(38)18-35-17-23-11-21(16-32(2,3)4)9-10-26(23)28-19-39-31-8-6-5-7-27(28)31/h5-13,15,19,29-30,35,38H,14,16-18H2,1-4H3,(H,36,37). The lowest BCUT2D eigenvalue weighted by atomic mass is 9.86. The lowest BCUT2D eigenvalue weighted by molar-refractivity contribution is -0.120. The van der Waals surface area contributed by atoms with Gasteiger partial charge in [-0.15, -0.1) is 11.3 Å². The van der Waals surface area contributed by atoms with Crippen LogP contribution in [-0.4, -0.2) is 29.7 Å². The van der Waals surface area contributed by atoms with Gasteiger partial charge in [0.05, 0.1) is 12.1 Å². The lowest BCUT2D eigenvalue weighted by Crippen LogP contribution is -2.48. The van der Waals surface area contributed by atoms with Gasteiger partial charge in [-0.1, -0.05) is 57.2 Å². The fourth-order valence-corrected chi connectivity index (χ4v) is 5.95. The van der Waals surface area contributed by atoms with Gasteiger partial charge in [-0.05, 0) is 64.1 Å². The van der Waals surface area contributed by atoms with Crippen molar-refractivity contribution in [3.05, 3.63) is 94.4 Å². The molecule has 0 saturated carbocycles. The molecule has 0 saturated heterocycles. The molecule has 7 heteroatoms. The van der Waals surface area contributed by atoms with E-state index < -0.39 is 23.8 Å². The number of nitrogens with one attached hydrogen (secondary N) is 2. The van der Waals surface area contributed by atoms with Crippen LogP contribution in [0.4, 0.5) is 8.78 Å². The third kappa shape index (κ3) is 7.94. The average molecular weight is 551 g/mol. The van der Waals surface area contributed by atoms with Crippen LogP contribution in [-0.2, 0) is 24.2 Å². The van der Waals surface area contributed by atoms with Gasteiger partial charge in [0.15, 0.2) is 0 Å². The van der Waals surface area contributed by atoms with Crippen LogP contribution in [0.1, 0.15) is 44.4 Å². The van der Waals surface area contributed by atoms with E-state index in [4.69, 9.17) is 0 Å². The summed E-state index contributed by atoms with van der Waals surface area (Å²) in [5.74, 6) is -1.71. The Morgan fingerprint density at radius 3 is 2.38 bits per heavy atom. The van der Waals surface area contributed by atoms with E-state index in [-0.39, 0.29) is 24.3 Å². The lowest BCUT2D eigenvalue weighted by Gasteiger charge is -2.25. The van der Waals surface area contributed by atoms with Gasteiger partial charge in [-0.25, -0.2) is 8.78 Å². The highest BCUT2D eigenvalue weighted by Gasteiger charge is 2.22. The van der Waals surface area contributed by atoms with Crippen molar-refractivity contribution >= 4 is 27.3 Å². The predicted molar refractivity (Wildman–Crippen MR) is 156 cm³/mol. The van der Waals surface area contributed by atoms with Gasteiger partial charge in [-0.3, -0.25) is 4.79 Å². The number of aliphatic hydroxyl groups is 1. The first kappa shape index (κ1) is 28.9. The molecule has 0 aliphatic rings. The molecule has 0 aliphatic carbocycles. The quantitative estimate of drug-likeness (QED) is 0.208. The number of hydrogen-bond donors (Lipinski definition) is 3. The second-order valence-corrected chi connectivity index (χ2v) is 12.3. The maximum atomic E-state index is 13.7. The third-order valence-electron chi connectivity index (χ3n) is 6.58. The van der Waals surface area contributed by atoms with E-state index in [2.05, 4.69) is 67.1 Å². The van der Waals surface area contributed by atoms with E-state index in [1.54, 1.807) is 11.3 Å². The van der Waals surface area contributed by atoms with Crippen molar-refractivity contribution in [2.75, 3.05) is 6.54 Å². The number of benzene rings is 3. The molecular formula is C32H36F2N2O2S. The molecule has 4 aromatic rings. The number of hydrogen-bond acceptors (Lipinski definition) is 4. The number of rotatable bonds is 10. The first-order valence-corrected chi connectivity index (χ1v) is 14.1. The molecule has 0 spiro atoms. The van der Waals surface area contributed by atoms with E-state index in [0.29, 0.717) is 12.1 Å². The SMILES string of the molecule is CC(=O)NC(Cc1cc(F)cc(F)c1)C(O)CNCc1cc(CC(C)(C)C)ccc1-c1csc2ccccc12. The number of fused-ring (bicyclic) bond motifs is 1. The van der Waals surface area contributed by atoms with Crippen molar-refractivity contribution in [2.24, 2.45) is 5.41 Å². The molecule has 4 rings (SSSR count). The molecule has 2 unspecified atom stereocenters. The zero-order chi connectivity index (χ0) is 28.2. The number of aliphatic hydroxyl groups excluding tert-OH is 1. The van der Waals surface area contributed by atoms with E-state index in [1.165, 1.54) is 40.3 Å². The van der Waals surface area contributed by atoms with Gasteiger partial charge in [0.1, 0.15) is 11.6 Å². The fourth-order valence-electron chi connectivity index (χ4n) is 4.99. The van der Waals surface area contributed by atoms with Crippen molar-refractivity contribution in [3.63, 3.8) is 0 Å². The number of amides is 1. The topological polar surface area (TPSA) is 61.4 Å². The Hall–Kier alpha value is -3.13. The Balaban J connectivity index is 1.54. The molecule has 1 amide bonds. The molecule has 2 atom stereocenters. The molecule has 39 heavy (non-hydrogen) atoms. The van der Waals surface area contributed by atoms with Crippen LogP contribution in [0, 0.1) is 17.0 Å². The molecule has 206 valence electrons. The maximum Gasteiger partial charge on any atom is 0.217 e. The van der Waals surface area contributed by atoms with E-state index in [1.807, 2.05) is 12.1 Å². The van der Waals surface area contributed by atoms with E-state index in [9.17, 15) is 18.7 Å². The smallest absolute Gasteiger partial charge is 0.217 e. The van der Waals surface area contributed by atoms with E-state index >= 15 is 0 Å². The first-order chi connectivity index (χ1) is 18.5. The van der Waals surface area contributed by atoms with Crippen LogP contribution >= 0.6 is 11.3 Å². The maximum absolute atomic E-state index is 13.7. The van der Waals surface area contributed by atoms with Gasteiger partial charge in [0.25, 0.3) is 0 Å². The molecule has 3 aromatic carbocycles. The molecule has 0 aliphatic heterocycles. The summed E-state index contributed by atoms with van der Waals surface area (Å²) in [5, 5.41) is 20.5. The van der Waals surface area contributed by atoms with Crippen molar-refractivity contribution in [2.45, 2.75) is 59.2 Å². The van der Waals surface area contributed by atoms with Crippen LogP contribution in [0.15, 0.2) is 66.0 Å². The van der Waals surface area contributed by atoms with Gasteiger partial charge < -0.3 is 15.7 Å². The van der Waals surface area contributed by atoms with Gasteiger partial charge in [-0.2, -0.15) is 0 Å². The Bertz CT molecular complexity index is 1420. The minimum absolute atomic E-state index is 0.102. The first-order valence-electron chi connectivity index (χ1n) is 13.2. The number of thiophene rings is 1. The summed E-state index contributed by atoms with van der Waals surface area (Å²) in [6, 6.07) is 17.5. The largest absolute Gasteiger partial charge is 0.390 e. The summed E-state index contributed by atoms with van der Waals surface area (Å²) in [7, 11) is 0. The van der Waals surface area contributed by atoms with E-state index in [0.717, 1.165) is 23.6 Å². The molecule has 0 bridgehead atoms. The summed E-state index contributed by atoms with van der Waals surface area (Å²) in [6.07, 6.45) is 0.0651.